The maximum atomic E-state index is 12.1. The fraction of sp³-hybridized carbons (Fsp3) is 0.533. The highest BCUT2D eigenvalue weighted by molar-refractivity contribution is 5.78. The van der Waals surface area contributed by atoms with E-state index < -0.39 is 0 Å². The molecular weight excluding hydrogens is 226 g/mol. The summed E-state index contributed by atoms with van der Waals surface area (Å²) in [5.74, 6) is 0.141. The number of carbonyl (C=O) groups is 1. The Morgan fingerprint density at radius 3 is 2.78 bits per heavy atom. The minimum atomic E-state index is 0.141. The quantitative estimate of drug-likeness (QED) is 0.800. The third-order valence-corrected chi connectivity index (χ3v) is 4.00. The van der Waals surface area contributed by atoms with Crippen LogP contribution in [0.2, 0.25) is 0 Å². The van der Waals surface area contributed by atoms with E-state index in [9.17, 15) is 4.79 Å². The van der Waals surface area contributed by atoms with Crippen molar-refractivity contribution in [1.82, 2.24) is 4.90 Å². The lowest BCUT2D eigenvalue weighted by Gasteiger charge is -2.43. The van der Waals surface area contributed by atoms with Crippen molar-refractivity contribution in [3.63, 3.8) is 0 Å². The summed E-state index contributed by atoms with van der Waals surface area (Å²) < 4.78 is 5.67. The fourth-order valence-electron chi connectivity index (χ4n) is 3.06. The number of amides is 1. The lowest BCUT2D eigenvalue weighted by molar-refractivity contribution is -0.161. The van der Waals surface area contributed by atoms with Crippen LogP contribution in [-0.4, -0.2) is 29.6 Å². The van der Waals surface area contributed by atoms with Crippen LogP contribution in [0.5, 0.6) is 0 Å². The summed E-state index contributed by atoms with van der Waals surface area (Å²) >= 11 is 0. The first kappa shape index (κ1) is 11.7. The zero-order valence-corrected chi connectivity index (χ0v) is 10.5. The molecule has 3 rings (SSSR count). The third kappa shape index (κ3) is 2.27. The molecular formula is C15H19NO2. The highest BCUT2D eigenvalue weighted by Crippen LogP contribution is 2.29. The second-order valence-electron chi connectivity index (χ2n) is 5.21. The minimum Gasteiger partial charge on any atom is -0.366 e. The molecule has 2 atom stereocenters. The van der Waals surface area contributed by atoms with E-state index >= 15 is 0 Å². The predicted molar refractivity (Wildman–Crippen MR) is 69.0 cm³/mol. The van der Waals surface area contributed by atoms with Crippen LogP contribution in [0.25, 0.3) is 0 Å². The van der Waals surface area contributed by atoms with Crippen molar-refractivity contribution >= 4 is 5.91 Å². The van der Waals surface area contributed by atoms with Crippen molar-refractivity contribution in [1.29, 1.82) is 0 Å². The Morgan fingerprint density at radius 1 is 1.17 bits per heavy atom. The van der Waals surface area contributed by atoms with Crippen LogP contribution in [-0.2, 0) is 16.1 Å². The molecule has 1 aliphatic carbocycles. The number of hydrogen-bond acceptors (Lipinski definition) is 2. The molecule has 3 heteroatoms. The Hall–Kier alpha value is -1.35. The number of rotatable bonds is 2. The van der Waals surface area contributed by atoms with E-state index in [0.29, 0.717) is 6.04 Å². The SMILES string of the molecule is O=C1CO[C@H]2CCCC[C@@H]2N1Cc1ccccc1. The number of ether oxygens (including phenoxy) is 1. The van der Waals surface area contributed by atoms with Gasteiger partial charge in [0.1, 0.15) is 6.61 Å². The molecule has 0 spiro atoms. The van der Waals surface area contributed by atoms with E-state index in [1.807, 2.05) is 23.1 Å². The summed E-state index contributed by atoms with van der Waals surface area (Å²) in [6, 6.07) is 10.5. The van der Waals surface area contributed by atoms with Gasteiger partial charge in [-0.25, -0.2) is 0 Å². The summed E-state index contributed by atoms with van der Waals surface area (Å²) in [5, 5.41) is 0. The summed E-state index contributed by atoms with van der Waals surface area (Å²) in [4.78, 5) is 14.1. The van der Waals surface area contributed by atoms with E-state index in [-0.39, 0.29) is 18.6 Å². The van der Waals surface area contributed by atoms with Gasteiger partial charge in [0.25, 0.3) is 0 Å². The molecule has 1 aromatic carbocycles. The van der Waals surface area contributed by atoms with E-state index in [0.717, 1.165) is 19.4 Å². The molecule has 2 fully saturated rings. The molecule has 0 unspecified atom stereocenters. The largest absolute Gasteiger partial charge is 0.366 e. The van der Waals surface area contributed by atoms with Crippen molar-refractivity contribution in [2.75, 3.05) is 6.61 Å². The summed E-state index contributed by atoms with van der Waals surface area (Å²) in [5.41, 5.74) is 1.21. The van der Waals surface area contributed by atoms with Crippen molar-refractivity contribution in [2.24, 2.45) is 0 Å². The molecule has 2 aliphatic rings. The number of benzene rings is 1. The van der Waals surface area contributed by atoms with Gasteiger partial charge in [0.05, 0.1) is 12.1 Å². The Labute approximate surface area is 108 Å². The highest BCUT2D eigenvalue weighted by Gasteiger charge is 2.37. The van der Waals surface area contributed by atoms with Gasteiger partial charge in [-0.15, -0.1) is 0 Å². The number of carbonyl (C=O) groups excluding carboxylic acids is 1. The second kappa shape index (κ2) is 5.11. The first-order valence-electron chi connectivity index (χ1n) is 6.79. The Kier molecular flexibility index (Phi) is 3.33. The van der Waals surface area contributed by atoms with Gasteiger partial charge in [-0.05, 0) is 18.4 Å². The number of hydrogen-bond donors (Lipinski definition) is 0. The molecule has 3 nitrogen and oxygen atoms in total. The fourth-order valence-corrected chi connectivity index (χ4v) is 3.06. The van der Waals surface area contributed by atoms with Crippen LogP contribution in [0.15, 0.2) is 30.3 Å². The Bertz CT molecular complexity index is 418. The number of nitrogens with zero attached hydrogens (tertiary/aromatic N) is 1. The van der Waals surface area contributed by atoms with E-state index in [2.05, 4.69) is 12.1 Å². The van der Waals surface area contributed by atoms with Crippen LogP contribution < -0.4 is 0 Å². The number of morpholine rings is 1. The van der Waals surface area contributed by atoms with Gasteiger partial charge >= 0.3 is 0 Å². The van der Waals surface area contributed by atoms with Gasteiger partial charge in [0, 0.05) is 6.54 Å². The predicted octanol–water partition coefficient (Wildman–Crippen LogP) is 2.36. The van der Waals surface area contributed by atoms with Crippen molar-refractivity contribution in [2.45, 2.75) is 44.4 Å². The van der Waals surface area contributed by atoms with Gasteiger partial charge in [-0.2, -0.15) is 0 Å². The lowest BCUT2D eigenvalue weighted by Crippen LogP contribution is -2.55. The van der Waals surface area contributed by atoms with Crippen LogP contribution in [0.4, 0.5) is 0 Å². The molecule has 0 N–H and O–H groups in total. The third-order valence-electron chi connectivity index (χ3n) is 4.00. The second-order valence-corrected chi connectivity index (χ2v) is 5.21. The van der Waals surface area contributed by atoms with Crippen molar-refractivity contribution in [3.8, 4) is 0 Å². The molecule has 1 saturated heterocycles. The van der Waals surface area contributed by atoms with Crippen LogP contribution in [0.3, 0.4) is 0 Å². The molecule has 18 heavy (non-hydrogen) atoms. The van der Waals surface area contributed by atoms with Gasteiger partial charge in [0.15, 0.2) is 0 Å². The van der Waals surface area contributed by atoms with Gasteiger partial charge in [-0.1, -0.05) is 43.2 Å². The lowest BCUT2D eigenvalue weighted by atomic mass is 9.89. The Balaban J connectivity index is 1.77. The molecule has 96 valence electrons. The van der Waals surface area contributed by atoms with E-state index in [1.54, 1.807) is 0 Å². The van der Waals surface area contributed by atoms with Crippen LogP contribution in [0, 0.1) is 0 Å². The zero-order valence-electron chi connectivity index (χ0n) is 10.5. The minimum absolute atomic E-state index is 0.141. The van der Waals surface area contributed by atoms with Crippen LogP contribution >= 0.6 is 0 Å². The average molecular weight is 245 g/mol. The first-order chi connectivity index (χ1) is 8.84. The van der Waals surface area contributed by atoms with E-state index in [4.69, 9.17) is 4.74 Å². The topological polar surface area (TPSA) is 29.5 Å². The van der Waals surface area contributed by atoms with Crippen molar-refractivity contribution < 1.29 is 9.53 Å². The molecule has 1 heterocycles. The smallest absolute Gasteiger partial charge is 0.249 e. The molecule has 1 saturated carbocycles. The van der Waals surface area contributed by atoms with Gasteiger partial charge in [0.2, 0.25) is 5.91 Å². The molecule has 1 amide bonds. The summed E-state index contributed by atoms with van der Waals surface area (Å²) in [7, 11) is 0. The summed E-state index contributed by atoms with van der Waals surface area (Å²) in [6.07, 6.45) is 4.89. The molecule has 0 aromatic heterocycles. The standard InChI is InChI=1S/C15H19NO2/c17-15-11-18-14-9-5-4-8-13(14)16(15)10-12-6-2-1-3-7-12/h1-3,6-7,13-14H,4-5,8-11H2/t13-,14-/m0/s1. The monoisotopic (exact) mass is 245 g/mol. The van der Waals surface area contributed by atoms with Crippen LogP contribution in [0.1, 0.15) is 31.2 Å². The van der Waals surface area contributed by atoms with Gasteiger partial charge in [-0.3, -0.25) is 4.79 Å². The molecule has 0 radical (unpaired) electrons. The molecule has 0 bridgehead atoms. The normalized spacial score (nSPS) is 28.0. The Morgan fingerprint density at radius 2 is 1.94 bits per heavy atom. The van der Waals surface area contributed by atoms with E-state index in [1.165, 1.54) is 18.4 Å². The average Bonchev–Trinajstić information content (AvgIpc) is 2.43. The van der Waals surface area contributed by atoms with Gasteiger partial charge < -0.3 is 9.64 Å². The molecule has 1 aliphatic heterocycles. The summed E-state index contributed by atoms with van der Waals surface area (Å²) in [6.45, 7) is 0.984. The highest BCUT2D eigenvalue weighted by atomic mass is 16.5. The maximum Gasteiger partial charge on any atom is 0.249 e. The first-order valence-corrected chi connectivity index (χ1v) is 6.79. The van der Waals surface area contributed by atoms with Crippen molar-refractivity contribution in [3.05, 3.63) is 35.9 Å². The number of fused-ring (bicyclic) bond motifs is 1. The molecule has 1 aromatic rings. The maximum absolute atomic E-state index is 12.1. The zero-order chi connectivity index (χ0) is 12.4.